The number of nitrogens with zero attached hydrogens (tertiary/aromatic N) is 2. The van der Waals surface area contributed by atoms with Crippen molar-refractivity contribution in [1.82, 2.24) is 9.29 Å². The second-order valence-electron chi connectivity index (χ2n) is 7.32. The van der Waals surface area contributed by atoms with Crippen molar-refractivity contribution in [3.8, 4) is 0 Å². The number of aromatic nitrogens is 1. The first kappa shape index (κ1) is 18.7. The summed E-state index contributed by atoms with van der Waals surface area (Å²) in [6.45, 7) is 5.62. The Morgan fingerprint density at radius 1 is 1.04 bits per heavy atom. The van der Waals surface area contributed by atoms with Gasteiger partial charge < -0.3 is 9.88 Å². The Balaban J connectivity index is 1.59. The Hall–Kier alpha value is -2.64. The number of aromatic amines is 1. The van der Waals surface area contributed by atoms with Gasteiger partial charge in [-0.05, 0) is 61.2 Å². The molecule has 0 amide bonds. The first-order valence-electron chi connectivity index (χ1n) is 9.31. The second kappa shape index (κ2) is 7.07. The van der Waals surface area contributed by atoms with E-state index in [2.05, 4.69) is 41.9 Å². The fourth-order valence-electron chi connectivity index (χ4n) is 3.77. The molecule has 0 unspecified atom stereocenters. The van der Waals surface area contributed by atoms with Gasteiger partial charge in [-0.3, -0.25) is 4.79 Å². The van der Waals surface area contributed by atoms with E-state index in [0.717, 1.165) is 5.69 Å². The van der Waals surface area contributed by atoms with Crippen LogP contribution in [0.1, 0.15) is 12.5 Å². The summed E-state index contributed by atoms with van der Waals surface area (Å²) in [5.74, 6) is 0. The predicted molar refractivity (Wildman–Crippen MR) is 111 cm³/mol. The zero-order valence-electron chi connectivity index (χ0n) is 15.9. The molecule has 0 bridgehead atoms. The zero-order chi connectivity index (χ0) is 19.9. The number of sulfonamides is 1. The highest BCUT2D eigenvalue weighted by Crippen LogP contribution is 2.26. The maximum absolute atomic E-state index is 13.2. The lowest BCUT2D eigenvalue weighted by molar-refractivity contribution is 0.342. The first-order chi connectivity index (χ1) is 13.3. The summed E-state index contributed by atoms with van der Waals surface area (Å²) in [7, 11) is -3.60. The predicted octanol–water partition coefficient (Wildman–Crippen LogP) is 2.74. The Bertz CT molecular complexity index is 1190. The van der Waals surface area contributed by atoms with E-state index in [-0.39, 0.29) is 16.5 Å². The lowest BCUT2D eigenvalue weighted by Gasteiger charge is -2.40. The number of fused-ring (bicyclic) bond motifs is 1. The Kier molecular flexibility index (Phi) is 4.72. The van der Waals surface area contributed by atoms with Crippen LogP contribution in [0.4, 0.5) is 5.69 Å². The maximum Gasteiger partial charge on any atom is 0.248 e. The molecule has 3 aromatic rings. The molecule has 1 atom stereocenters. The zero-order valence-corrected chi connectivity index (χ0v) is 16.7. The molecule has 1 saturated heterocycles. The van der Waals surface area contributed by atoms with E-state index in [0.29, 0.717) is 30.5 Å². The molecule has 4 rings (SSSR count). The van der Waals surface area contributed by atoms with Crippen LogP contribution in [0.25, 0.3) is 10.9 Å². The summed E-state index contributed by atoms with van der Waals surface area (Å²) in [4.78, 5) is 16.7. The van der Waals surface area contributed by atoms with Crippen LogP contribution < -0.4 is 10.5 Å². The third-order valence-electron chi connectivity index (χ3n) is 5.26. The minimum atomic E-state index is -3.60. The molecule has 1 aliphatic heterocycles. The standard InChI is InChI=1S/C21H23N3O3S/c1-15-4-3-5-18(12-15)24-11-10-23(14-16(24)2)28(26,27)19-7-8-20-17(13-19)6-9-21(25)22-20/h3-9,12-13,16H,10-11,14H2,1-2H3,(H,22,25)/t16-/m1/s1. The fraction of sp³-hybridized carbons (Fsp3) is 0.286. The van der Waals surface area contributed by atoms with Gasteiger partial charge in [0, 0.05) is 42.9 Å². The van der Waals surface area contributed by atoms with Crippen LogP contribution in [0.3, 0.4) is 0 Å². The molecule has 2 heterocycles. The van der Waals surface area contributed by atoms with Gasteiger partial charge in [-0.25, -0.2) is 8.42 Å². The van der Waals surface area contributed by atoms with Gasteiger partial charge in [-0.15, -0.1) is 0 Å². The topological polar surface area (TPSA) is 73.5 Å². The molecular weight excluding hydrogens is 374 g/mol. The lowest BCUT2D eigenvalue weighted by atomic mass is 10.1. The van der Waals surface area contributed by atoms with E-state index in [1.54, 1.807) is 28.6 Å². The molecule has 1 fully saturated rings. The minimum absolute atomic E-state index is 0.0714. The van der Waals surface area contributed by atoms with Gasteiger partial charge in [0.05, 0.1) is 4.90 Å². The molecule has 7 heteroatoms. The van der Waals surface area contributed by atoms with Crippen molar-refractivity contribution in [1.29, 1.82) is 0 Å². The monoisotopic (exact) mass is 397 g/mol. The highest BCUT2D eigenvalue weighted by Gasteiger charge is 2.32. The van der Waals surface area contributed by atoms with Gasteiger partial charge in [0.15, 0.2) is 0 Å². The molecule has 28 heavy (non-hydrogen) atoms. The third-order valence-corrected chi connectivity index (χ3v) is 7.12. The number of nitrogens with one attached hydrogen (secondary N) is 1. The summed E-state index contributed by atoms with van der Waals surface area (Å²) >= 11 is 0. The van der Waals surface area contributed by atoms with Crippen LogP contribution in [0.15, 0.2) is 64.3 Å². The van der Waals surface area contributed by atoms with Crippen molar-refractivity contribution in [3.05, 3.63) is 70.5 Å². The number of rotatable bonds is 3. The van der Waals surface area contributed by atoms with Gasteiger partial charge in [-0.1, -0.05) is 12.1 Å². The van der Waals surface area contributed by atoms with Gasteiger partial charge in [-0.2, -0.15) is 4.31 Å². The van der Waals surface area contributed by atoms with Crippen molar-refractivity contribution >= 4 is 26.6 Å². The highest BCUT2D eigenvalue weighted by molar-refractivity contribution is 7.89. The normalized spacial score (nSPS) is 18.5. The van der Waals surface area contributed by atoms with E-state index >= 15 is 0 Å². The molecule has 1 N–H and O–H groups in total. The number of hydrogen-bond donors (Lipinski definition) is 1. The summed E-state index contributed by atoms with van der Waals surface area (Å²) in [5.41, 5.74) is 2.74. The molecule has 2 aromatic carbocycles. The number of hydrogen-bond acceptors (Lipinski definition) is 4. The summed E-state index contributed by atoms with van der Waals surface area (Å²) in [5, 5.41) is 0.701. The number of anilines is 1. The summed E-state index contributed by atoms with van der Waals surface area (Å²) in [6.07, 6.45) is 0. The quantitative estimate of drug-likeness (QED) is 0.738. The number of H-pyrrole nitrogens is 1. The van der Waals surface area contributed by atoms with E-state index in [1.165, 1.54) is 11.6 Å². The molecule has 0 spiro atoms. The van der Waals surface area contributed by atoms with Crippen LogP contribution >= 0.6 is 0 Å². The molecule has 6 nitrogen and oxygen atoms in total. The highest BCUT2D eigenvalue weighted by atomic mass is 32.2. The molecule has 0 radical (unpaired) electrons. The van der Waals surface area contributed by atoms with Gasteiger partial charge >= 0.3 is 0 Å². The minimum Gasteiger partial charge on any atom is -0.366 e. The van der Waals surface area contributed by atoms with Gasteiger partial charge in [0.1, 0.15) is 0 Å². The van der Waals surface area contributed by atoms with Gasteiger partial charge in [0.2, 0.25) is 15.6 Å². The van der Waals surface area contributed by atoms with Crippen molar-refractivity contribution in [2.24, 2.45) is 0 Å². The van der Waals surface area contributed by atoms with Crippen LogP contribution in [-0.2, 0) is 10.0 Å². The molecular formula is C21H23N3O3S. The number of aryl methyl sites for hydroxylation is 1. The molecule has 0 saturated carbocycles. The van der Waals surface area contributed by atoms with E-state index in [4.69, 9.17) is 0 Å². The summed E-state index contributed by atoms with van der Waals surface area (Å²) in [6, 6.07) is 16.2. The molecule has 1 aliphatic rings. The Morgan fingerprint density at radius 2 is 1.86 bits per heavy atom. The number of piperazine rings is 1. The van der Waals surface area contributed by atoms with E-state index in [9.17, 15) is 13.2 Å². The smallest absolute Gasteiger partial charge is 0.248 e. The molecule has 146 valence electrons. The third kappa shape index (κ3) is 3.43. The largest absolute Gasteiger partial charge is 0.366 e. The van der Waals surface area contributed by atoms with Gasteiger partial charge in [0.25, 0.3) is 0 Å². The second-order valence-corrected chi connectivity index (χ2v) is 9.25. The van der Waals surface area contributed by atoms with E-state index < -0.39 is 10.0 Å². The average Bonchev–Trinajstić information content (AvgIpc) is 2.67. The van der Waals surface area contributed by atoms with Crippen LogP contribution in [0.2, 0.25) is 0 Å². The SMILES string of the molecule is Cc1cccc(N2CCN(S(=O)(=O)c3ccc4[nH]c(=O)ccc4c3)C[C@H]2C)c1. The average molecular weight is 398 g/mol. The lowest BCUT2D eigenvalue weighted by Crippen LogP contribution is -2.53. The fourth-order valence-corrected chi connectivity index (χ4v) is 5.32. The van der Waals surface area contributed by atoms with Crippen LogP contribution in [0.5, 0.6) is 0 Å². The number of benzene rings is 2. The van der Waals surface area contributed by atoms with Crippen LogP contribution in [-0.4, -0.2) is 43.4 Å². The van der Waals surface area contributed by atoms with Crippen molar-refractivity contribution in [3.63, 3.8) is 0 Å². The van der Waals surface area contributed by atoms with Crippen molar-refractivity contribution in [2.75, 3.05) is 24.5 Å². The number of pyridine rings is 1. The maximum atomic E-state index is 13.2. The molecule has 0 aliphatic carbocycles. The molecule has 1 aromatic heterocycles. The van der Waals surface area contributed by atoms with Crippen LogP contribution in [0, 0.1) is 6.92 Å². The van der Waals surface area contributed by atoms with Crippen molar-refractivity contribution < 1.29 is 8.42 Å². The van der Waals surface area contributed by atoms with Crippen molar-refractivity contribution in [2.45, 2.75) is 24.8 Å². The summed E-state index contributed by atoms with van der Waals surface area (Å²) < 4.78 is 27.9. The Morgan fingerprint density at radius 3 is 2.61 bits per heavy atom. The first-order valence-corrected chi connectivity index (χ1v) is 10.8. The Labute approximate surface area is 164 Å². The van der Waals surface area contributed by atoms with E-state index in [1.807, 2.05) is 6.07 Å².